The van der Waals surface area contributed by atoms with E-state index < -0.39 is 30.0 Å². The molecule has 2 aliphatic heterocycles. The molecule has 23 heavy (non-hydrogen) atoms. The van der Waals surface area contributed by atoms with Crippen molar-refractivity contribution in [2.24, 2.45) is 5.11 Å². The van der Waals surface area contributed by atoms with Crippen molar-refractivity contribution in [1.29, 1.82) is 0 Å². The number of aliphatic hydroxyl groups excluding tert-OH is 1. The molecule has 2 fully saturated rings. The molecule has 0 bridgehead atoms. The Morgan fingerprint density at radius 1 is 1.35 bits per heavy atom. The Hall–Kier alpha value is -1.28. The molecule has 1 aromatic carbocycles. The van der Waals surface area contributed by atoms with Gasteiger partial charge in [0, 0.05) is 10.5 Å². The molecule has 1 N–H and O–H groups in total. The summed E-state index contributed by atoms with van der Waals surface area (Å²) in [7, 11) is 0. The second kappa shape index (κ2) is 7.53. The number of azide groups is 1. The number of rotatable bonds is 4. The molecule has 3 rings (SSSR count). The van der Waals surface area contributed by atoms with E-state index in [4.69, 9.17) is 19.7 Å². The van der Waals surface area contributed by atoms with E-state index in [1.165, 1.54) is 11.8 Å². The van der Waals surface area contributed by atoms with Crippen molar-refractivity contribution in [3.05, 3.63) is 46.3 Å². The van der Waals surface area contributed by atoms with Gasteiger partial charge in [0.2, 0.25) is 0 Å². The summed E-state index contributed by atoms with van der Waals surface area (Å²) in [6, 6.07) is 8.85. The van der Waals surface area contributed by atoms with Gasteiger partial charge in [-0.25, -0.2) is 0 Å². The van der Waals surface area contributed by atoms with E-state index in [2.05, 4.69) is 10.0 Å². The van der Waals surface area contributed by atoms with Gasteiger partial charge < -0.3 is 19.3 Å². The molecule has 1 aromatic rings. The van der Waals surface area contributed by atoms with Gasteiger partial charge in [-0.3, -0.25) is 0 Å². The van der Waals surface area contributed by atoms with E-state index in [1.807, 2.05) is 37.3 Å². The Labute approximate surface area is 138 Å². The van der Waals surface area contributed by atoms with Crippen molar-refractivity contribution in [1.82, 2.24) is 0 Å². The van der Waals surface area contributed by atoms with Crippen LogP contribution in [0.2, 0.25) is 0 Å². The summed E-state index contributed by atoms with van der Waals surface area (Å²) in [5, 5.41) is 14.3. The van der Waals surface area contributed by atoms with Gasteiger partial charge >= 0.3 is 0 Å². The Morgan fingerprint density at radius 2 is 2.13 bits per heavy atom. The van der Waals surface area contributed by atoms with Gasteiger partial charge in [-0.05, 0) is 11.3 Å². The van der Waals surface area contributed by atoms with Gasteiger partial charge in [-0.15, -0.1) is 11.8 Å². The highest BCUT2D eigenvalue weighted by Crippen LogP contribution is 2.37. The molecular weight excluding hydrogens is 318 g/mol. The highest BCUT2D eigenvalue weighted by molar-refractivity contribution is 7.99. The van der Waals surface area contributed by atoms with Crippen LogP contribution in [0.15, 0.2) is 35.4 Å². The molecule has 0 aliphatic carbocycles. The fraction of sp³-hybridized carbons (Fsp3) is 0.600. The standard InChI is InChI=1S/C15H19N3O4S/c1-2-23-15-11(17-18-16)12(19)13-10(21-15)8-20-14(22-13)9-6-4-3-5-7-9/h3-7,10-15,19H,2,8H2,1H3/t10-,11-,12-,13-,14?,15+/m1/s1. The lowest BCUT2D eigenvalue weighted by molar-refractivity contribution is -0.305. The first-order chi connectivity index (χ1) is 11.2. The van der Waals surface area contributed by atoms with Gasteiger partial charge in [0.25, 0.3) is 0 Å². The first kappa shape index (κ1) is 16.6. The van der Waals surface area contributed by atoms with E-state index in [0.29, 0.717) is 6.61 Å². The average molecular weight is 337 g/mol. The summed E-state index contributed by atoms with van der Waals surface area (Å²) in [5.74, 6) is 0.792. The third-order valence-electron chi connectivity index (χ3n) is 3.92. The summed E-state index contributed by atoms with van der Waals surface area (Å²) in [4.78, 5) is 2.84. The predicted molar refractivity (Wildman–Crippen MR) is 85.7 cm³/mol. The van der Waals surface area contributed by atoms with Crippen LogP contribution >= 0.6 is 11.8 Å². The second-order valence-corrected chi connectivity index (χ2v) is 6.74. The Bertz CT molecular complexity index is 569. The first-order valence-corrected chi connectivity index (χ1v) is 8.60. The molecule has 2 aliphatic rings. The molecule has 2 saturated heterocycles. The lowest BCUT2D eigenvalue weighted by Gasteiger charge is -2.46. The third kappa shape index (κ3) is 3.47. The van der Waals surface area contributed by atoms with E-state index in [9.17, 15) is 5.11 Å². The van der Waals surface area contributed by atoms with Crippen LogP contribution in [0.1, 0.15) is 18.8 Å². The van der Waals surface area contributed by atoms with Gasteiger partial charge in [0.15, 0.2) is 6.29 Å². The van der Waals surface area contributed by atoms with Crippen LogP contribution in [0.25, 0.3) is 10.4 Å². The molecule has 6 atom stereocenters. The van der Waals surface area contributed by atoms with E-state index >= 15 is 0 Å². The highest BCUT2D eigenvalue weighted by Gasteiger charge is 2.49. The molecule has 0 spiro atoms. The molecular formula is C15H19N3O4S. The molecule has 0 saturated carbocycles. The van der Waals surface area contributed by atoms with E-state index in [0.717, 1.165) is 11.3 Å². The summed E-state index contributed by atoms with van der Waals surface area (Å²) in [6.45, 7) is 2.31. The summed E-state index contributed by atoms with van der Waals surface area (Å²) < 4.78 is 17.6. The Balaban J connectivity index is 1.77. The molecule has 8 heteroatoms. The maximum absolute atomic E-state index is 10.6. The molecule has 2 heterocycles. The predicted octanol–water partition coefficient (Wildman–Crippen LogP) is 2.62. The maximum atomic E-state index is 10.6. The third-order valence-corrected chi connectivity index (χ3v) is 4.97. The van der Waals surface area contributed by atoms with Crippen molar-refractivity contribution in [3.8, 4) is 0 Å². The second-order valence-electron chi connectivity index (χ2n) is 5.36. The summed E-state index contributed by atoms with van der Waals surface area (Å²) >= 11 is 1.50. The van der Waals surface area contributed by atoms with Crippen LogP contribution in [-0.4, -0.2) is 47.3 Å². The zero-order valence-corrected chi connectivity index (χ0v) is 13.5. The number of thioether (sulfide) groups is 1. The Morgan fingerprint density at radius 3 is 2.83 bits per heavy atom. The largest absolute Gasteiger partial charge is 0.390 e. The monoisotopic (exact) mass is 337 g/mol. The molecule has 124 valence electrons. The molecule has 0 aromatic heterocycles. The van der Waals surface area contributed by atoms with Crippen LogP contribution in [0.4, 0.5) is 0 Å². The minimum Gasteiger partial charge on any atom is -0.390 e. The lowest BCUT2D eigenvalue weighted by Crippen LogP contribution is -2.60. The number of hydrogen-bond donors (Lipinski definition) is 1. The molecule has 7 nitrogen and oxygen atoms in total. The van der Waals surface area contributed by atoms with Crippen molar-refractivity contribution >= 4 is 11.8 Å². The van der Waals surface area contributed by atoms with Gasteiger partial charge in [-0.2, -0.15) is 0 Å². The van der Waals surface area contributed by atoms with Crippen molar-refractivity contribution in [2.75, 3.05) is 12.4 Å². The fourth-order valence-electron chi connectivity index (χ4n) is 2.84. The number of benzene rings is 1. The number of fused-ring (bicyclic) bond motifs is 1. The molecule has 1 unspecified atom stereocenters. The molecule has 0 amide bonds. The van der Waals surface area contributed by atoms with Crippen LogP contribution in [0.5, 0.6) is 0 Å². The van der Waals surface area contributed by atoms with Crippen LogP contribution in [-0.2, 0) is 14.2 Å². The van der Waals surface area contributed by atoms with Crippen LogP contribution < -0.4 is 0 Å². The van der Waals surface area contributed by atoms with Gasteiger partial charge in [0.1, 0.15) is 23.7 Å². The summed E-state index contributed by atoms with van der Waals surface area (Å²) in [5.41, 5.74) is 9.25. The van der Waals surface area contributed by atoms with E-state index in [1.54, 1.807) is 0 Å². The quantitative estimate of drug-likeness (QED) is 0.517. The SMILES string of the molecule is CCS[C@@H]1O[C@@H]2COC(c3ccccc3)O[C@H]2[C@H](O)[C@H]1N=[N+]=[N-]. The van der Waals surface area contributed by atoms with Crippen LogP contribution in [0, 0.1) is 0 Å². The lowest BCUT2D eigenvalue weighted by atomic mass is 9.97. The Kier molecular flexibility index (Phi) is 5.42. The fourth-order valence-corrected chi connectivity index (χ4v) is 3.80. The van der Waals surface area contributed by atoms with E-state index in [-0.39, 0.29) is 6.10 Å². The zero-order chi connectivity index (χ0) is 16.2. The van der Waals surface area contributed by atoms with Crippen molar-refractivity contribution in [3.63, 3.8) is 0 Å². The first-order valence-electron chi connectivity index (χ1n) is 7.56. The number of aliphatic hydroxyl groups is 1. The van der Waals surface area contributed by atoms with Crippen molar-refractivity contribution < 1.29 is 19.3 Å². The number of nitrogens with zero attached hydrogens (tertiary/aromatic N) is 3. The van der Waals surface area contributed by atoms with Crippen LogP contribution in [0.3, 0.4) is 0 Å². The van der Waals surface area contributed by atoms with Gasteiger partial charge in [0.05, 0.1) is 12.7 Å². The summed E-state index contributed by atoms with van der Waals surface area (Å²) in [6.07, 6.45) is -2.45. The maximum Gasteiger partial charge on any atom is 0.184 e. The topological polar surface area (TPSA) is 96.7 Å². The highest BCUT2D eigenvalue weighted by atomic mass is 32.2. The zero-order valence-electron chi connectivity index (χ0n) is 12.7. The average Bonchev–Trinajstić information content (AvgIpc) is 2.59. The van der Waals surface area contributed by atoms with Gasteiger partial charge in [-0.1, -0.05) is 42.4 Å². The normalized spacial score (nSPS) is 36.8. The minimum absolute atomic E-state index is 0.324. The smallest absolute Gasteiger partial charge is 0.184 e. The molecule has 0 radical (unpaired) electrons. The van der Waals surface area contributed by atoms with Crippen molar-refractivity contribution in [2.45, 2.75) is 43.0 Å². The number of hydrogen-bond acceptors (Lipinski definition) is 6. The number of ether oxygens (including phenoxy) is 3. The minimum atomic E-state index is -0.927.